The topological polar surface area (TPSA) is 67.3 Å². The van der Waals surface area contributed by atoms with E-state index in [2.05, 4.69) is 17.5 Å². The number of fused-ring (bicyclic) bond motifs is 1. The average molecular weight is 315 g/mol. The van der Waals surface area contributed by atoms with Gasteiger partial charge in [-0.05, 0) is 51.4 Å². The van der Waals surface area contributed by atoms with Gasteiger partial charge < -0.3 is 15.2 Å². The Morgan fingerprint density at radius 2 is 2.00 bits per heavy atom. The zero-order chi connectivity index (χ0) is 15.6. The van der Waals surface area contributed by atoms with Gasteiger partial charge in [-0.3, -0.25) is 0 Å². The number of aryl methyl sites for hydroxylation is 1. The largest absolute Gasteiger partial charge is 0.471 e. The van der Waals surface area contributed by atoms with Crippen molar-refractivity contribution in [2.24, 2.45) is 0 Å². The van der Waals surface area contributed by atoms with Gasteiger partial charge in [0.05, 0.1) is 17.8 Å². The van der Waals surface area contributed by atoms with Gasteiger partial charge in [0, 0.05) is 12.1 Å². The summed E-state index contributed by atoms with van der Waals surface area (Å²) in [5.41, 5.74) is 2.32. The van der Waals surface area contributed by atoms with Crippen molar-refractivity contribution in [1.82, 2.24) is 15.3 Å². The van der Waals surface area contributed by atoms with Crippen LogP contribution in [-0.4, -0.2) is 33.8 Å². The van der Waals surface area contributed by atoms with E-state index in [0.717, 1.165) is 62.5 Å². The second-order valence-corrected chi connectivity index (χ2v) is 6.84. The van der Waals surface area contributed by atoms with Crippen molar-refractivity contribution in [2.45, 2.75) is 69.6 Å². The lowest BCUT2D eigenvalue weighted by Gasteiger charge is -2.25. The maximum absolute atomic E-state index is 10.1. The van der Waals surface area contributed by atoms with Crippen LogP contribution >= 0.6 is 0 Å². The highest BCUT2D eigenvalue weighted by molar-refractivity contribution is 5.34. The molecule has 3 unspecified atom stereocenters. The normalized spacial score (nSPS) is 30.2. The Morgan fingerprint density at radius 1 is 1.09 bits per heavy atom. The molecule has 0 radical (unpaired) electrons. The summed E-state index contributed by atoms with van der Waals surface area (Å²) in [5, 5.41) is 13.5. The fraction of sp³-hybridized carbons (Fsp3) is 0.667. The first-order valence-corrected chi connectivity index (χ1v) is 8.94. The van der Waals surface area contributed by atoms with Gasteiger partial charge in [-0.2, -0.15) is 4.98 Å². The van der Waals surface area contributed by atoms with E-state index >= 15 is 0 Å². The third kappa shape index (κ3) is 3.12. The fourth-order valence-corrected chi connectivity index (χ4v) is 3.82. The zero-order valence-corrected chi connectivity index (χ0v) is 13.5. The van der Waals surface area contributed by atoms with Gasteiger partial charge in [0.1, 0.15) is 11.9 Å². The monoisotopic (exact) mass is 315 g/mol. The molecular formula is C18H25N3O2. The van der Waals surface area contributed by atoms with Crippen LogP contribution in [0.15, 0.2) is 12.2 Å². The molecule has 3 aliphatic rings. The Hall–Kier alpha value is -1.46. The highest BCUT2D eigenvalue weighted by Gasteiger charge is 2.30. The first-order valence-electron chi connectivity index (χ1n) is 8.94. The summed E-state index contributed by atoms with van der Waals surface area (Å²) in [5.74, 6) is 1.57. The van der Waals surface area contributed by atoms with Gasteiger partial charge >= 0.3 is 0 Å². The quantitative estimate of drug-likeness (QED) is 0.837. The minimum absolute atomic E-state index is 0.108. The van der Waals surface area contributed by atoms with E-state index < -0.39 is 0 Å². The van der Waals surface area contributed by atoms with E-state index in [0.29, 0.717) is 0 Å². The number of aliphatic hydroxyl groups is 1. The Labute approximate surface area is 137 Å². The van der Waals surface area contributed by atoms with Crippen LogP contribution in [0.5, 0.6) is 5.88 Å². The van der Waals surface area contributed by atoms with Crippen LogP contribution in [0.3, 0.4) is 0 Å². The SMILES string of the molecule is OC1CCCC1Oc1nc(C2CC=CCN2)nc2c1CCCC2. The van der Waals surface area contributed by atoms with E-state index in [1.807, 2.05) is 0 Å². The number of nitrogens with zero attached hydrogens (tertiary/aromatic N) is 2. The van der Waals surface area contributed by atoms with Crippen LogP contribution in [0.1, 0.15) is 61.6 Å². The van der Waals surface area contributed by atoms with Gasteiger partial charge in [-0.15, -0.1) is 0 Å². The van der Waals surface area contributed by atoms with E-state index in [9.17, 15) is 5.11 Å². The number of ether oxygens (including phenoxy) is 1. The molecule has 1 aromatic heterocycles. The van der Waals surface area contributed by atoms with E-state index in [1.165, 1.54) is 18.4 Å². The smallest absolute Gasteiger partial charge is 0.220 e. The number of aromatic nitrogens is 2. The Bertz CT molecular complexity index is 602. The molecule has 0 amide bonds. The van der Waals surface area contributed by atoms with Crippen molar-refractivity contribution in [3.8, 4) is 5.88 Å². The summed E-state index contributed by atoms with van der Waals surface area (Å²) < 4.78 is 6.17. The predicted octanol–water partition coefficient (Wildman–Crippen LogP) is 2.24. The highest BCUT2D eigenvalue weighted by Crippen LogP contribution is 2.32. The van der Waals surface area contributed by atoms with Crippen molar-refractivity contribution in [1.29, 1.82) is 0 Å². The van der Waals surface area contributed by atoms with Crippen molar-refractivity contribution >= 4 is 0 Å². The highest BCUT2D eigenvalue weighted by atomic mass is 16.5. The summed E-state index contributed by atoms with van der Waals surface area (Å²) in [7, 11) is 0. The van der Waals surface area contributed by atoms with Gasteiger partial charge in [0.15, 0.2) is 0 Å². The third-order valence-corrected chi connectivity index (χ3v) is 5.18. The third-order valence-electron chi connectivity index (χ3n) is 5.18. The average Bonchev–Trinajstić information content (AvgIpc) is 3.00. The molecule has 0 aromatic carbocycles. The first kappa shape index (κ1) is 15.1. The Balaban J connectivity index is 1.66. The molecule has 3 atom stereocenters. The molecule has 0 bridgehead atoms. The molecule has 0 spiro atoms. The minimum atomic E-state index is -0.358. The van der Waals surface area contributed by atoms with Crippen LogP contribution in [-0.2, 0) is 12.8 Å². The van der Waals surface area contributed by atoms with Gasteiger partial charge in [-0.25, -0.2) is 4.98 Å². The molecule has 1 aliphatic heterocycles. The molecule has 0 saturated heterocycles. The van der Waals surface area contributed by atoms with Crippen LogP contribution in [0, 0.1) is 0 Å². The number of rotatable bonds is 3. The lowest BCUT2D eigenvalue weighted by Crippen LogP contribution is -2.29. The number of hydrogen-bond donors (Lipinski definition) is 2. The molecule has 5 heteroatoms. The predicted molar refractivity (Wildman–Crippen MR) is 87.4 cm³/mol. The van der Waals surface area contributed by atoms with Gasteiger partial charge in [0.2, 0.25) is 5.88 Å². The molecule has 23 heavy (non-hydrogen) atoms. The maximum atomic E-state index is 10.1. The molecule has 1 fully saturated rings. The second-order valence-electron chi connectivity index (χ2n) is 6.84. The molecule has 2 aliphatic carbocycles. The lowest BCUT2D eigenvalue weighted by molar-refractivity contribution is 0.0561. The molecule has 4 rings (SSSR count). The Kier molecular flexibility index (Phi) is 4.31. The van der Waals surface area contributed by atoms with Gasteiger partial charge in [-0.1, -0.05) is 12.2 Å². The first-order chi connectivity index (χ1) is 11.3. The number of hydrogen-bond acceptors (Lipinski definition) is 5. The van der Waals surface area contributed by atoms with E-state index in [1.54, 1.807) is 0 Å². The van der Waals surface area contributed by atoms with Crippen LogP contribution in [0.25, 0.3) is 0 Å². The second kappa shape index (κ2) is 6.57. The van der Waals surface area contributed by atoms with E-state index in [4.69, 9.17) is 14.7 Å². The molecular weight excluding hydrogens is 290 g/mol. The van der Waals surface area contributed by atoms with Crippen molar-refractivity contribution in [3.63, 3.8) is 0 Å². The van der Waals surface area contributed by atoms with Crippen LogP contribution in [0.2, 0.25) is 0 Å². The summed E-state index contributed by atoms with van der Waals surface area (Å²) in [6.07, 6.45) is 11.9. The molecule has 124 valence electrons. The van der Waals surface area contributed by atoms with Crippen LogP contribution < -0.4 is 10.1 Å². The summed E-state index contributed by atoms with van der Waals surface area (Å²) in [6.45, 7) is 0.864. The van der Waals surface area contributed by atoms with Crippen LogP contribution in [0.4, 0.5) is 0 Å². The lowest BCUT2D eigenvalue weighted by atomic mass is 9.96. The molecule has 2 heterocycles. The Morgan fingerprint density at radius 3 is 2.78 bits per heavy atom. The number of nitrogens with one attached hydrogen (secondary N) is 1. The summed E-state index contributed by atoms with van der Waals surface area (Å²) >= 11 is 0. The fourth-order valence-electron chi connectivity index (χ4n) is 3.82. The van der Waals surface area contributed by atoms with Crippen molar-refractivity contribution in [2.75, 3.05) is 6.54 Å². The molecule has 1 aromatic rings. The summed E-state index contributed by atoms with van der Waals surface area (Å²) in [6, 6.07) is 0.170. The standard InChI is InChI=1S/C18H25N3O2/c22-15-9-5-10-16(15)23-18-12-6-1-2-7-13(12)20-17(21-18)14-8-3-4-11-19-14/h3-4,14-16,19,22H,1-2,5-11H2. The minimum Gasteiger partial charge on any atom is -0.471 e. The zero-order valence-electron chi connectivity index (χ0n) is 13.5. The molecule has 2 N–H and O–H groups in total. The van der Waals surface area contributed by atoms with Gasteiger partial charge in [0.25, 0.3) is 0 Å². The number of aliphatic hydroxyl groups excluding tert-OH is 1. The van der Waals surface area contributed by atoms with Crippen molar-refractivity contribution in [3.05, 3.63) is 29.2 Å². The summed E-state index contributed by atoms with van der Waals surface area (Å²) in [4.78, 5) is 9.61. The van der Waals surface area contributed by atoms with E-state index in [-0.39, 0.29) is 18.2 Å². The molecule has 1 saturated carbocycles. The van der Waals surface area contributed by atoms with Crippen molar-refractivity contribution < 1.29 is 9.84 Å². The maximum Gasteiger partial charge on any atom is 0.220 e. The molecule has 5 nitrogen and oxygen atoms in total.